The molecule has 3 unspecified atom stereocenters. The maximum atomic E-state index is 12.5. The number of aliphatic carboxylic acids is 1. The molecule has 184 valence electrons. The van der Waals surface area contributed by atoms with Crippen LogP contribution in [0.2, 0.25) is 0 Å². The predicted octanol–water partition coefficient (Wildman–Crippen LogP) is -1.66. The van der Waals surface area contributed by atoms with Crippen LogP contribution in [-0.2, 0) is 19.2 Å². The Kier molecular flexibility index (Phi) is 14.9. The molecule has 0 aromatic heterocycles. The molecule has 0 aromatic rings. The smallest absolute Gasteiger partial charge is 0.326 e. The lowest BCUT2D eigenvalue weighted by Gasteiger charge is -2.21. The van der Waals surface area contributed by atoms with Crippen molar-refractivity contribution in [1.82, 2.24) is 16.0 Å². The van der Waals surface area contributed by atoms with Crippen LogP contribution in [0.25, 0.3) is 0 Å². The summed E-state index contributed by atoms with van der Waals surface area (Å²) in [5, 5.41) is 16.6. The van der Waals surface area contributed by atoms with Gasteiger partial charge in [-0.05, 0) is 43.6 Å². The highest BCUT2D eigenvalue weighted by Crippen LogP contribution is 2.05. The first kappa shape index (κ1) is 29.5. The lowest BCUT2D eigenvalue weighted by atomic mass is 10.0. The summed E-state index contributed by atoms with van der Waals surface area (Å²) in [6.45, 7) is 3.61. The molecule has 0 spiro atoms. The number of carboxylic acids is 1. The number of aliphatic imine (C=N–C) groups is 1. The molecule has 12 nitrogen and oxygen atoms in total. The van der Waals surface area contributed by atoms with Crippen LogP contribution in [0.5, 0.6) is 0 Å². The highest BCUT2D eigenvalue weighted by Gasteiger charge is 2.25. The summed E-state index contributed by atoms with van der Waals surface area (Å²) in [4.78, 5) is 52.0. The van der Waals surface area contributed by atoms with Crippen molar-refractivity contribution < 1.29 is 24.3 Å². The number of hydrogen-bond acceptors (Lipinski definition) is 7. The minimum atomic E-state index is -1.14. The molecule has 13 heteroatoms. The lowest BCUT2D eigenvalue weighted by Crippen LogP contribution is -2.53. The van der Waals surface area contributed by atoms with E-state index in [9.17, 15) is 24.3 Å². The number of carbonyl (C=O) groups excluding carboxylic acids is 3. The van der Waals surface area contributed by atoms with Crippen molar-refractivity contribution in [3.63, 3.8) is 0 Å². The monoisotopic (exact) mass is 475 g/mol. The zero-order chi connectivity index (χ0) is 24.7. The van der Waals surface area contributed by atoms with Crippen LogP contribution in [0.1, 0.15) is 39.5 Å². The highest BCUT2D eigenvalue weighted by atomic mass is 32.2. The summed E-state index contributed by atoms with van der Waals surface area (Å²) in [5.41, 5.74) is 16.4. The van der Waals surface area contributed by atoms with Crippen LogP contribution in [0.3, 0.4) is 0 Å². The van der Waals surface area contributed by atoms with Crippen molar-refractivity contribution in [2.24, 2.45) is 28.1 Å². The minimum absolute atomic E-state index is 0.0419. The minimum Gasteiger partial charge on any atom is -0.480 e. The Hall–Kier alpha value is -2.54. The van der Waals surface area contributed by atoms with E-state index in [4.69, 9.17) is 17.2 Å². The van der Waals surface area contributed by atoms with Crippen LogP contribution >= 0.6 is 11.8 Å². The van der Waals surface area contributed by atoms with Gasteiger partial charge in [0.1, 0.15) is 12.1 Å². The van der Waals surface area contributed by atoms with E-state index >= 15 is 0 Å². The zero-order valence-electron chi connectivity index (χ0n) is 18.9. The molecule has 3 atom stereocenters. The normalized spacial score (nSPS) is 13.5. The van der Waals surface area contributed by atoms with Crippen molar-refractivity contribution in [3.8, 4) is 0 Å². The van der Waals surface area contributed by atoms with E-state index in [1.165, 1.54) is 11.8 Å². The van der Waals surface area contributed by atoms with E-state index in [1.807, 2.05) is 20.1 Å². The van der Waals surface area contributed by atoms with Gasteiger partial charge >= 0.3 is 5.97 Å². The van der Waals surface area contributed by atoms with E-state index in [0.29, 0.717) is 31.6 Å². The fraction of sp³-hybridized carbons (Fsp3) is 0.737. The van der Waals surface area contributed by atoms with Gasteiger partial charge in [-0.1, -0.05) is 13.8 Å². The molecule has 0 saturated carbocycles. The molecule has 32 heavy (non-hydrogen) atoms. The van der Waals surface area contributed by atoms with Crippen molar-refractivity contribution in [1.29, 1.82) is 0 Å². The molecular weight excluding hydrogens is 438 g/mol. The molecule has 0 aliphatic rings. The quantitative estimate of drug-likeness (QED) is 0.0771. The zero-order valence-corrected chi connectivity index (χ0v) is 19.7. The van der Waals surface area contributed by atoms with Crippen molar-refractivity contribution in [2.45, 2.75) is 57.7 Å². The molecule has 0 bridgehead atoms. The van der Waals surface area contributed by atoms with Gasteiger partial charge in [-0.2, -0.15) is 11.8 Å². The second kappa shape index (κ2) is 16.1. The maximum absolute atomic E-state index is 12.5. The second-order valence-electron chi connectivity index (χ2n) is 7.70. The number of nitrogens with one attached hydrogen (secondary N) is 3. The SMILES string of the molecule is CSCCC(NC(=O)C(N)CCCN=C(N)N)C(=O)NCC(=O)NC(CC(C)C)C(=O)O. The number of rotatable bonds is 16. The van der Waals surface area contributed by atoms with Crippen molar-refractivity contribution >= 4 is 41.4 Å². The van der Waals surface area contributed by atoms with Gasteiger partial charge in [-0.15, -0.1) is 0 Å². The Morgan fingerprint density at radius 3 is 2.22 bits per heavy atom. The number of carboxylic acid groups (broad SMARTS) is 1. The summed E-state index contributed by atoms with van der Waals surface area (Å²) in [5.74, 6) is -2.19. The molecule has 0 fully saturated rings. The van der Waals surface area contributed by atoms with Crippen molar-refractivity contribution in [3.05, 3.63) is 0 Å². The van der Waals surface area contributed by atoms with Gasteiger partial charge in [-0.3, -0.25) is 19.4 Å². The van der Waals surface area contributed by atoms with Gasteiger partial charge in [-0.25, -0.2) is 4.79 Å². The first-order chi connectivity index (χ1) is 15.0. The van der Waals surface area contributed by atoms with Gasteiger partial charge < -0.3 is 38.3 Å². The first-order valence-corrected chi connectivity index (χ1v) is 11.8. The molecule has 0 aliphatic heterocycles. The van der Waals surface area contributed by atoms with Gasteiger partial charge in [0.2, 0.25) is 17.7 Å². The number of carbonyl (C=O) groups is 4. The second-order valence-corrected chi connectivity index (χ2v) is 8.69. The third-order valence-corrected chi connectivity index (χ3v) is 4.96. The largest absolute Gasteiger partial charge is 0.480 e. The maximum Gasteiger partial charge on any atom is 0.326 e. The van der Waals surface area contributed by atoms with Gasteiger partial charge in [0.05, 0.1) is 12.6 Å². The number of amides is 3. The van der Waals surface area contributed by atoms with Crippen LogP contribution < -0.4 is 33.2 Å². The van der Waals surface area contributed by atoms with E-state index in [2.05, 4.69) is 20.9 Å². The Morgan fingerprint density at radius 1 is 1.03 bits per heavy atom. The van der Waals surface area contributed by atoms with Crippen LogP contribution in [0.15, 0.2) is 4.99 Å². The van der Waals surface area contributed by atoms with E-state index in [-0.39, 0.29) is 18.3 Å². The molecule has 0 aliphatic carbocycles. The Morgan fingerprint density at radius 2 is 1.69 bits per heavy atom. The molecule has 0 heterocycles. The fourth-order valence-corrected chi connectivity index (χ4v) is 3.13. The molecule has 3 amide bonds. The topological polar surface area (TPSA) is 215 Å². The molecule has 0 radical (unpaired) electrons. The van der Waals surface area contributed by atoms with Gasteiger partial charge in [0.15, 0.2) is 5.96 Å². The van der Waals surface area contributed by atoms with Crippen LogP contribution in [0, 0.1) is 5.92 Å². The van der Waals surface area contributed by atoms with E-state index in [0.717, 1.165) is 0 Å². The molecule has 10 N–H and O–H groups in total. The fourth-order valence-electron chi connectivity index (χ4n) is 2.66. The average molecular weight is 476 g/mol. The summed E-state index contributed by atoms with van der Waals surface area (Å²) in [6, 6.07) is -2.76. The van der Waals surface area contributed by atoms with E-state index in [1.54, 1.807) is 0 Å². The Labute approximate surface area is 192 Å². The average Bonchev–Trinajstić information content (AvgIpc) is 2.70. The first-order valence-electron chi connectivity index (χ1n) is 10.4. The third kappa shape index (κ3) is 13.7. The lowest BCUT2D eigenvalue weighted by molar-refractivity contribution is -0.142. The number of thioether (sulfide) groups is 1. The molecule has 0 rings (SSSR count). The number of nitrogens with two attached hydrogens (primary N) is 3. The van der Waals surface area contributed by atoms with Crippen molar-refractivity contribution in [2.75, 3.05) is 25.1 Å². The van der Waals surface area contributed by atoms with Gasteiger partial charge in [0.25, 0.3) is 0 Å². The highest BCUT2D eigenvalue weighted by molar-refractivity contribution is 7.98. The summed E-state index contributed by atoms with van der Waals surface area (Å²) in [7, 11) is 0. The molecule has 0 aromatic carbocycles. The predicted molar refractivity (Wildman–Crippen MR) is 125 cm³/mol. The molecular formula is C19H37N7O5S. The number of nitrogens with zero attached hydrogens (tertiary/aromatic N) is 1. The summed E-state index contributed by atoms with van der Waals surface area (Å²) >= 11 is 1.50. The number of guanidine groups is 1. The van der Waals surface area contributed by atoms with Crippen LogP contribution in [-0.4, -0.2) is 78.0 Å². The summed E-state index contributed by atoms with van der Waals surface area (Å²) in [6.07, 6.45) is 3.29. The Balaban J connectivity index is 4.75. The Bertz CT molecular complexity index is 656. The van der Waals surface area contributed by atoms with E-state index < -0.39 is 48.4 Å². The van der Waals surface area contributed by atoms with Crippen LogP contribution in [0.4, 0.5) is 0 Å². The number of hydrogen-bond donors (Lipinski definition) is 7. The summed E-state index contributed by atoms with van der Waals surface area (Å²) < 4.78 is 0. The molecule has 0 saturated heterocycles. The standard InChI is InChI=1S/C19H37N7O5S/c1-11(2)9-14(18(30)31)25-15(27)10-24-17(29)13(6-8-32-3)26-16(28)12(20)5-4-7-23-19(21)22/h11-14H,4-10,20H2,1-3H3,(H,24,29)(H,25,27)(H,26,28)(H,30,31)(H4,21,22,23). The third-order valence-electron chi connectivity index (χ3n) is 4.31. The van der Waals surface area contributed by atoms with Gasteiger partial charge in [0, 0.05) is 6.54 Å².